The van der Waals surface area contributed by atoms with Crippen molar-refractivity contribution >= 4 is 28.9 Å². The lowest BCUT2D eigenvalue weighted by atomic mass is 10.1. The molecule has 7 nitrogen and oxygen atoms in total. The summed E-state index contributed by atoms with van der Waals surface area (Å²) in [6, 6.07) is 3.49. The third kappa shape index (κ3) is 3.94. The number of rotatable bonds is 4. The Balaban J connectivity index is 2.03. The van der Waals surface area contributed by atoms with Crippen molar-refractivity contribution in [2.45, 2.75) is 31.9 Å². The number of aliphatic hydroxyl groups is 1. The molecule has 0 aromatic heterocycles. The van der Waals surface area contributed by atoms with Crippen molar-refractivity contribution in [3.05, 3.63) is 33.3 Å². The number of likely N-dealkylation sites (tertiary alicyclic amines) is 1. The SMILES string of the molecule is CC(C(=O)Nc1ccc([N+](=O)[O-])cc1Cl)N1CCCC(O)C1. The monoisotopic (exact) mass is 327 g/mol. The number of non-ortho nitro benzene ring substituents is 1. The van der Waals surface area contributed by atoms with Gasteiger partial charge in [-0.2, -0.15) is 0 Å². The zero-order chi connectivity index (χ0) is 16.3. The fraction of sp³-hybridized carbons (Fsp3) is 0.500. The molecule has 0 saturated carbocycles. The van der Waals surface area contributed by atoms with Gasteiger partial charge in [-0.05, 0) is 32.4 Å². The standard InChI is InChI=1S/C14H18ClN3O4/c1-9(17-6-2-3-11(19)8-17)14(20)16-13-5-4-10(18(21)22)7-12(13)15/h4-5,7,9,11,19H,2-3,6,8H2,1H3,(H,16,20). The average Bonchev–Trinajstić information content (AvgIpc) is 2.48. The number of anilines is 1. The number of nitro groups is 1. The van der Waals surface area contributed by atoms with Crippen LogP contribution < -0.4 is 5.32 Å². The minimum absolute atomic E-state index is 0.119. The van der Waals surface area contributed by atoms with E-state index >= 15 is 0 Å². The molecule has 1 amide bonds. The van der Waals surface area contributed by atoms with Crippen molar-refractivity contribution in [2.24, 2.45) is 0 Å². The maximum absolute atomic E-state index is 12.3. The van der Waals surface area contributed by atoms with Crippen LogP contribution in [0.25, 0.3) is 0 Å². The Kier molecular flexibility index (Phi) is 5.33. The lowest BCUT2D eigenvalue weighted by Gasteiger charge is -2.34. The van der Waals surface area contributed by atoms with Gasteiger partial charge < -0.3 is 10.4 Å². The minimum atomic E-state index is -0.546. The first-order chi connectivity index (χ1) is 10.4. The van der Waals surface area contributed by atoms with E-state index in [0.29, 0.717) is 12.2 Å². The third-order valence-corrected chi connectivity index (χ3v) is 4.09. The molecule has 2 unspecified atom stereocenters. The average molecular weight is 328 g/mol. The predicted octanol–water partition coefficient (Wildman–Crippen LogP) is 2.03. The van der Waals surface area contributed by atoms with Crippen LogP contribution in [0.5, 0.6) is 0 Å². The molecule has 1 saturated heterocycles. The quantitative estimate of drug-likeness (QED) is 0.651. The van der Waals surface area contributed by atoms with Crippen LogP contribution >= 0.6 is 11.6 Å². The number of hydrogen-bond donors (Lipinski definition) is 2. The van der Waals surface area contributed by atoms with Crippen LogP contribution in [0.1, 0.15) is 19.8 Å². The van der Waals surface area contributed by atoms with E-state index < -0.39 is 17.1 Å². The summed E-state index contributed by atoms with van der Waals surface area (Å²) in [6.07, 6.45) is 1.18. The van der Waals surface area contributed by atoms with Crippen molar-refractivity contribution in [2.75, 3.05) is 18.4 Å². The number of β-amino-alcohol motifs (C(OH)–C–C–N with tert-alkyl or cyclic N) is 1. The van der Waals surface area contributed by atoms with Crippen molar-refractivity contribution in [3.8, 4) is 0 Å². The van der Waals surface area contributed by atoms with Gasteiger partial charge in [0.25, 0.3) is 5.69 Å². The number of nitrogens with one attached hydrogen (secondary N) is 1. The maximum atomic E-state index is 12.3. The molecule has 2 rings (SSSR count). The zero-order valence-corrected chi connectivity index (χ0v) is 12.9. The maximum Gasteiger partial charge on any atom is 0.271 e. The van der Waals surface area contributed by atoms with E-state index in [2.05, 4.69) is 5.32 Å². The van der Waals surface area contributed by atoms with Gasteiger partial charge in [-0.3, -0.25) is 19.8 Å². The van der Waals surface area contributed by atoms with Crippen LogP contribution in [-0.2, 0) is 4.79 Å². The molecular formula is C14H18ClN3O4. The molecule has 1 heterocycles. The van der Waals surface area contributed by atoms with E-state index in [1.54, 1.807) is 6.92 Å². The second-order valence-electron chi connectivity index (χ2n) is 5.38. The summed E-state index contributed by atoms with van der Waals surface area (Å²) >= 11 is 5.96. The normalized spacial score (nSPS) is 20.4. The van der Waals surface area contributed by atoms with Crippen LogP contribution in [0.3, 0.4) is 0 Å². The number of carbonyl (C=O) groups excluding carboxylic acids is 1. The first kappa shape index (κ1) is 16.7. The van der Waals surface area contributed by atoms with Crippen molar-refractivity contribution in [1.29, 1.82) is 0 Å². The Bertz CT molecular complexity index is 581. The summed E-state index contributed by atoms with van der Waals surface area (Å²) in [7, 11) is 0. The Morgan fingerprint density at radius 3 is 2.91 bits per heavy atom. The fourth-order valence-electron chi connectivity index (χ4n) is 2.46. The lowest BCUT2D eigenvalue weighted by Crippen LogP contribution is -2.48. The summed E-state index contributed by atoms with van der Waals surface area (Å²) in [5.74, 6) is -0.259. The molecule has 1 aromatic rings. The van der Waals surface area contributed by atoms with Gasteiger partial charge in [-0.15, -0.1) is 0 Å². The molecular weight excluding hydrogens is 310 g/mol. The number of hydrogen-bond acceptors (Lipinski definition) is 5. The van der Waals surface area contributed by atoms with Crippen LogP contribution in [0.15, 0.2) is 18.2 Å². The molecule has 0 radical (unpaired) electrons. The number of amides is 1. The lowest BCUT2D eigenvalue weighted by molar-refractivity contribution is -0.384. The number of benzene rings is 1. The number of carbonyl (C=O) groups is 1. The number of nitro benzene ring substituents is 1. The van der Waals surface area contributed by atoms with Gasteiger partial charge in [0, 0.05) is 18.7 Å². The molecule has 0 bridgehead atoms. The van der Waals surface area contributed by atoms with Gasteiger partial charge in [-0.25, -0.2) is 0 Å². The smallest absolute Gasteiger partial charge is 0.271 e. The number of aliphatic hydroxyl groups excluding tert-OH is 1. The Morgan fingerprint density at radius 1 is 1.59 bits per heavy atom. The third-order valence-electron chi connectivity index (χ3n) is 3.78. The summed E-state index contributed by atoms with van der Waals surface area (Å²) in [6.45, 7) is 2.97. The molecule has 1 aromatic carbocycles. The molecule has 8 heteroatoms. The van der Waals surface area contributed by atoms with Crippen molar-refractivity contribution < 1.29 is 14.8 Å². The van der Waals surface area contributed by atoms with E-state index in [4.69, 9.17) is 11.6 Å². The summed E-state index contributed by atoms with van der Waals surface area (Å²) in [4.78, 5) is 24.3. The van der Waals surface area contributed by atoms with Gasteiger partial charge in [-0.1, -0.05) is 11.6 Å². The van der Waals surface area contributed by atoms with Crippen molar-refractivity contribution in [3.63, 3.8) is 0 Å². The molecule has 22 heavy (non-hydrogen) atoms. The van der Waals surface area contributed by atoms with Gasteiger partial charge in [0.05, 0.1) is 27.8 Å². The molecule has 1 aliphatic rings. The molecule has 0 aliphatic carbocycles. The van der Waals surface area contributed by atoms with Crippen LogP contribution in [0.4, 0.5) is 11.4 Å². The second kappa shape index (κ2) is 7.04. The van der Waals surface area contributed by atoms with Gasteiger partial charge in [0.15, 0.2) is 0 Å². The molecule has 1 fully saturated rings. The highest BCUT2D eigenvalue weighted by Gasteiger charge is 2.26. The molecule has 1 aliphatic heterocycles. The summed E-state index contributed by atoms with van der Waals surface area (Å²) in [5, 5.41) is 23.1. The minimum Gasteiger partial charge on any atom is -0.392 e. The molecule has 2 atom stereocenters. The van der Waals surface area contributed by atoms with E-state index in [1.807, 2.05) is 4.90 Å². The highest BCUT2D eigenvalue weighted by molar-refractivity contribution is 6.34. The molecule has 120 valence electrons. The fourth-order valence-corrected chi connectivity index (χ4v) is 2.68. The number of halogens is 1. The van der Waals surface area contributed by atoms with Gasteiger partial charge in [0.1, 0.15) is 0 Å². The first-order valence-corrected chi connectivity index (χ1v) is 7.43. The van der Waals surface area contributed by atoms with Crippen LogP contribution in [0.2, 0.25) is 5.02 Å². The zero-order valence-electron chi connectivity index (χ0n) is 12.2. The predicted molar refractivity (Wildman–Crippen MR) is 83.0 cm³/mol. The Hall–Kier alpha value is -1.70. The van der Waals surface area contributed by atoms with E-state index in [9.17, 15) is 20.0 Å². The molecule has 0 spiro atoms. The summed E-state index contributed by atoms with van der Waals surface area (Å²) in [5.41, 5.74) is 0.205. The largest absolute Gasteiger partial charge is 0.392 e. The van der Waals surface area contributed by atoms with Crippen LogP contribution in [0, 0.1) is 10.1 Å². The van der Waals surface area contributed by atoms with Gasteiger partial charge in [0.2, 0.25) is 5.91 Å². The Morgan fingerprint density at radius 2 is 2.32 bits per heavy atom. The number of piperidine rings is 1. The second-order valence-corrected chi connectivity index (χ2v) is 5.78. The van der Waals surface area contributed by atoms with Crippen LogP contribution in [-0.4, -0.2) is 46.1 Å². The van der Waals surface area contributed by atoms with Gasteiger partial charge >= 0.3 is 0 Å². The van der Waals surface area contributed by atoms with E-state index in [-0.39, 0.29) is 16.6 Å². The number of nitrogens with zero attached hydrogens (tertiary/aromatic N) is 2. The van der Waals surface area contributed by atoms with E-state index in [0.717, 1.165) is 19.4 Å². The highest BCUT2D eigenvalue weighted by Crippen LogP contribution is 2.27. The Labute approximate surface area is 133 Å². The highest BCUT2D eigenvalue weighted by atomic mass is 35.5. The summed E-state index contributed by atoms with van der Waals surface area (Å²) < 4.78 is 0. The topological polar surface area (TPSA) is 95.7 Å². The first-order valence-electron chi connectivity index (χ1n) is 7.05. The molecule has 2 N–H and O–H groups in total. The van der Waals surface area contributed by atoms with Crippen molar-refractivity contribution in [1.82, 2.24) is 4.90 Å². The van der Waals surface area contributed by atoms with E-state index in [1.165, 1.54) is 18.2 Å².